The van der Waals surface area contributed by atoms with Crippen molar-refractivity contribution in [3.63, 3.8) is 0 Å². The monoisotopic (exact) mass is 449 g/mol. The van der Waals surface area contributed by atoms with E-state index in [-0.39, 0.29) is 6.03 Å². The van der Waals surface area contributed by atoms with E-state index in [1.54, 1.807) is 0 Å². The van der Waals surface area contributed by atoms with Crippen LogP contribution >= 0.6 is 23.2 Å². The summed E-state index contributed by atoms with van der Waals surface area (Å²) in [6.07, 6.45) is 2.01. The Morgan fingerprint density at radius 2 is 1.90 bits per heavy atom. The first kappa shape index (κ1) is 21.0. The third-order valence-corrected chi connectivity index (χ3v) is 6.20. The summed E-state index contributed by atoms with van der Waals surface area (Å²) in [5.74, 6) is 1.12. The number of rotatable bonds is 7. The smallest absolute Gasteiger partial charge is 0.320 e. The quantitative estimate of drug-likeness (QED) is 0.624. The zero-order valence-corrected chi connectivity index (χ0v) is 18.2. The van der Waals surface area contributed by atoms with Gasteiger partial charge in [0.25, 0.3) is 0 Å². The molecule has 1 saturated heterocycles. The van der Waals surface area contributed by atoms with Crippen LogP contribution in [0.5, 0.6) is 5.88 Å². The SMILES string of the molecule is O=C1NCc2ccc(OCCCCN3CCN(c4cccc(Cl)c4Cl)CC3)nc2N1. The van der Waals surface area contributed by atoms with Gasteiger partial charge in [0.15, 0.2) is 0 Å². The van der Waals surface area contributed by atoms with Crippen molar-refractivity contribution in [2.75, 3.05) is 49.5 Å². The maximum atomic E-state index is 11.4. The minimum Gasteiger partial charge on any atom is -0.478 e. The number of hydrogen-bond donors (Lipinski definition) is 2. The minimum atomic E-state index is -0.232. The van der Waals surface area contributed by atoms with Crippen LogP contribution < -0.4 is 20.3 Å². The number of hydrogen-bond acceptors (Lipinski definition) is 5. The fourth-order valence-electron chi connectivity index (χ4n) is 3.69. The Morgan fingerprint density at radius 3 is 2.73 bits per heavy atom. The van der Waals surface area contributed by atoms with E-state index in [1.165, 1.54) is 0 Å². The molecule has 30 heavy (non-hydrogen) atoms. The molecule has 2 aliphatic rings. The molecule has 7 nitrogen and oxygen atoms in total. The molecular formula is C21H25Cl2N5O2. The Hall–Kier alpha value is -2.22. The maximum absolute atomic E-state index is 11.4. The average molecular weight is 450 g/mol. The molecule has 2 N–H and O–H groups in total. The van der Waals surface area contributed by atoms with Crippen LogP contribution in [0.3, 0.4) is 0 Å². The van der Waals surface area contributed by atoms with Crippen molar-refractivity contribution in [1.82, 2.24) is 15.2 Å². The van der Waals surface area contributed by atoms with Crippen LogP contribution in [0.2, 0.25) is 10.0 Å². The first-order chi connectivity index (χ1) is 14.6. The van der Waals surface area contributed by atoms with E-state index in [0.29, 0.717) is 34.9 Å². The topological polar surface area (TPSA) is 69.7 Å². The molecule has 4 rings (SSSR count). The van der Waals surface area contributed by atoms with E-state index in [4.69, 9.17) is 27.9 Å². The average Bonchev–Trinajstić information content (AvgIpc) is 2.76. The van der Waals surface area contributed by atoms with Gasteiger partial charge in [-0.15, -0.1) is 0 Å². The summed E-state index contributed by atoms with van der Waals surface area (Å²) >= 11 is 12.5. The molecule has 1 aromatic heterocycles. The number of nitrogens with zero attached hydrogens (tertiary/aromatic N) is 3. The van der Waals surface area contributed by atoms with Gasteiger partial charge in [0.05, 0.1) is 22.3 Å². The number of benzene rings is 1. The lowest BCUT2D eigenvalue weighted by atomic mass is 10.2. The molecule has 0 spiro atoms. The molecule has 0 atom stereocenters. The number of nitrogens with one attached hydrogen (secondary N) is 2. The lowest BCUT2D eigenvalue weighted by Gasteiger charge is -2.36. The van der Waals surface area contributed by atoms with Crippen molar-refractivity contribution in [2.45, 2.75) is 19.4 Å². The number of pyridine rings is 1. The summed E-state index contributed by atoms with van der Waals surface area (Å²) < 4.78 is 5.76. The number of carbonyl (C=O) groups excluding carboxylic acids is 1. The number of aromatic nitrogens is 1. The summed E-state index contributed by atoms with van der Waals surface area (Å²) in [4.78, 5) is 20.5. The van der Waals surface area contributed by atoms with Gasteiger partial charge in [0, 0.05) is 44.4 Å². The fraction of sp³-hybridized carbons (Fsp3) is 0.429. The molecule has 1 fully saturated rings. The number of halogens is 2. The fourth-order valence-corrected chi connectivity index (χ4v) is 4.11. The Kier molecular flexibility index (Phi) is 6.82. The highest BCUT2D eigenvalue weighted by Gasteiger charge is 2.19. The van der Waals surface area contributed by atoms with Crippen molar-refractivity contribution in [1.29, 1.82) is 0 Å². The lowest BCUT2D eigenvalue weighted by Crippen LogP contribution is -2.46. The Labute approximate surface area is 186 Å². The van der Waals surface area contributed by atoms with Crippen LogP contribution in [-0.2, 0) is 6.54 Å². The highest BCUT2D eigenvalue weighted by atomic mass is 35.5. The number of amides is 2. The number of carbonyl (C=O) groups is 1. The van der Waals surface area contributed by atoms with Gasteiger partial charge in [-0.3, -0.25) is 10.2 Å². The first-order valence-corrected chi connectivity index (χ1v) is 10.9. The second-order valence-electron chi connectivity index (χ2n) is 7.42. The predicted molar refractivity (Wildman–Crippen MR) is 120 cm³/mol. The third kappa shape index (κ3) is 5.09. The lowest BCUT2D eigenvalue weighted by molar-refractivity contribution is 0.236. The zero-order chi connectivity index (χ0) is 20.9. The van der Waals surface area contributed by atoms with Crippen LogP contribution in [0.1, 0.15) is 18.4 Å². The number of anilines is 2. The third-order valence-electron chi connectivity index (χ3n) is 5.39. The molecule has 160 valence electrons. The second kappa shape index (κ2) is 9.73. The van der Waals surface area contributed by atoms with E-state index in [1.807, 2.05) is 30.3 Å². The largest absolute Gasteiger partial charge is 0.478 e. The van der Waals surface area contributed by atoms with E-state index >= 15 is 0 Å². The van der Waals surface area contributed by atoms with Gasteiger partial charge < -0.3 is 15.0 Å². The number of piperazine rings is 1. The molecular weight excluding hydrogens is 425 g/mol. The van der Waals surface area contributed by atoms with Gasteiger partial charge in [-0.2, -0.15) is 4.98 Å². The highest BCUT2D eigenvalue weighted by Crippen LogP contribution is 2.32. The molecule has 1 aromatic carbocycles. The maximum Gasteiger partial charge on any atom is 0.320 e. The standard InChI is InChI=1S/C21H25Cl2N5O2/c22-16-4-3-5-17(19(16)23)28-11-9-27(10-12-28)8-1-2-13-30-18-7-6-15-14-24-21(29)26-20(15)25-18/h3-7H,1-2,8-14H2,(H2,24,25,26,29). The molecule has 2 aliphatic heterocycles. The van der Waals surface area contributed by atoms with Gasteiger partial charge in [-0.25, -0.2) is 4.79 Å². The Balaban J connectivity index is 1.15. The minimum absolute atomic E-state index is 0.232. The number of ether oxygens (including phenoxy) is 1. The number of unbranched alkanes of at least 4 members (excludes halogenated alkanes) is 1. The predicted octanol–water partition coefficient (Wildman–Crippen LogP) is 4.00. The van der Waals surface area contributed by atoms with Crippen LogP contribution in [-0.4, -0.2) is 55.2 Å². The van der Waals surface area contributed by atoms with Crippen molar-refractivity contribution in [2.24, 2.45) is 0 Å². The second-order valence-corrected chi connectivity index (χ2v) is 8.21. The molecule has 0 bridgehead atoms. The van der Waals surface area contributed by atoms with Gasteiger partial charge in [-0.1, -0.05) is 29.3 Å². The van der Waals surface area contributed by atoms with E-state index < -0.39 is 0 Å². The van der Waals surface area contributed by atoms with Crippen LogP contribution in [0.15, 0.2) is 30.3 Å². The summed E-state index contributed by atoms with van der Waals surface area (Å²) in [5, 5.41) is 6.65. The summed E-state index contributed by atoms with van der Waals surface area (Å²) in [7, 11) is 0. The summed E-state index contributed by atoms with van der Waals surface area (Å²) in [5.41, 5.74) is 1.97. The van der Waals surface area contributed by atoms with Crippen molar-refractivity contribution in [3.8, 4) is 5.88 Å². The zero-order valence-electron chi connectivity index (χ0n) is 16.7. The Morgan fingerprint density at radius 1 is 1.07 bits per heavy atom. The normalized spacial score (nSPS) is 16.6. The molecule has 0 saturated carbocycles. The summed E-state index contributed by atoms with van der Waals surface area (Å²) in [6, 6.07) is 9.33. The highest BCUT2D eigenvalue weighted by molar-refractivity contribution is 6.43. The van der Waals surface area contributed by atoms with Gasteiger partial charge in [-0.05, 0) is 37.6 Å². The van der Waals surface area contributed by atoms with E-state index in [9.17, 15) is 4.79 Å². The van der Waals surface area contributed by atoms with Crippen molar-refractivity contribution in [3.05, 3.63) is 45.9 Å². The molecule has 2 aromatic rings. The van der Waals surface area contributed by atoms with Crippen molar-refractivity contribution < 1.29 is 9.53 Å². The van der Waals surface area contributed by atoms with Gasteiger partial charge in [0.1, 0.15) is 5.82 Å². The van der Waals surface area contributed by atoms with Crippen LogP contribution in [0, 0.1) is 0 Å². The van der Waals surface area contributed by atoms with Crippen molar-refractivity contribution >= 4 is 40.7 Å². The van der Waals surface area contributed by atoms with E-state index in [2.05, 4.69) is 25.4 Å². The summed E-state index contributed by atoms with van der Waals surface area (Å²) in [6.45, 7) is 6.03. The van der Waals surface area contributed by atoms with Crippen LogP contribution in [0.4, 0.5) is 16.3 Å². The first-order valence-electron chi connectivity index (χ1n) is 10.2. The molecule has 2 amide bonds. The van der Waals surface area contributed by atoms with Crippen LogP contribution in [0.25, 0.3) is 0 Å². The van der Waals surface area contributed by atoms with E-state index in [0.717, 1.165) is 56.8 Å². The number of urea groups is 1. The molecule has 0 radical (unpaired) electrons. The Bertz CT molecular complexity index is 903. The number of fused-ring (bicyclic) bond motifs is 1. The molecule has 0 aliphatic carbocycles. The molecule has 3 heterocycles. The van der Waals surface area contributed by atoms with Gasteiger partial charge >= 0.3 is 6.03 Å². The van der Waals surface area contributed by atoms with Gasteiger partial charge in [0.2, 0.25) is 5.88 Å². The molecule has 9 heteroatoms. The molecule has 0 unspecified atom stereocenters.